The summed E-state index contributed by atoms with van der Waals surface area (Å²) >= 11 is 1.26. The van der Waals surface area contributed by atoms with Crippen LogP contribution in [-0.4, -0.2) is 31.2 Å². The van der Waals surface area contributed by atoms with Gasteiger partial charge in [0.25, 0.3) is 5.56 Å². The number of carbonyl (C=O) groups excluding carboxylic acids is 1. The van der Waals surface area contributed by atoms with E-state index >= 15 is 0 Å². The molecule has 1 amide bonds. The highest BCUT2D eigenvalue weighted by Crippen LogP contribution is 2.23. The zero-order valence-electron chi connectivity index (χ0n) is 17.9. The van der Waals surface area contributed by atoms with E-state index in [2.05, 4.69) is 20.3 Å². The number of nitrogens with one attached hydrogen (secondary N) is 2. The average Bonchev–Trinajstić information content (AvgIpc) is 3.28. The Morgan fingerprint density at radius 3 is 2.45 bits per heavy atom. The normalized spacial score (nSPS) is 11.2. The highest BCUT2D eigenvalue weighted by atomic mass is 32.2. The number of anilines is 1. The Labute approximate surface area is 193 Å². The first-order valence-electron chi connectivity index (χ1n) is 10.6. The number of imidazole rings is 1. The van der Waals surface area contributed by atoms with Gasteiger partial charge < -0.3 is 10.3 Å². The molecule has 164 valence electrons. The number of carbonyl (C=O) groups is 1. The van der Waals surface area contributed by atoms with E-state index in [4.69, 9.17) is 0 Å². The number of nitrogens with zero attached hydrogens (tertiary/aromatic N) is 3. The predicted molar refractivity (Wildman–Crippen MR) is 133 cm³/mol. The van der Waals surface area contributed by atoms with Crippen molar-refractivity contribution in [1.29, 1.82) is 0 Å². The molecule has 0 spiro atoms. The number of hydrogen-bond acceptors (Lipinski definition) is 5. The van der Waals surface area contributed by atoms with Crippen LogP contribution < -0.4 is 10.9 Å². The molecule has 0 fully saturated rings. The summed E-state index contributed by atoms with van der Waals surface area (Å²) in [4.78, 5) is 37.8. The summed E-state index contributed by atoms with van der Waals surface area (Å²) in [6.45, 7) is 2.38. The lowest BCUT2D eigenvalue weighted by Gasteiger charge is -2.11. The van der Waals surface area contributed by atoms with E-state index in [-0.39, 0.29) is 17.2 Å². The Bertz CT molecular complexity index is 1490. The number of rotatable bonds is 6. The van der Waals surface area contributed by atoms with Crippen LogP contribution in [0.15, 0.2) is 82.7 Å². The fraction of sp³-hybridized carbons (Fsp3) is 0.120. The lowest BCUT2D eigenvalue weighted by atomic mass is 10.2. The summed E-state index contributed by atoms with van der Waals surface area (Å²) < 4.78 is 1.60. The summed E-state index contributed by atoms with van der Waals surface area (Å²) in [5, 5.41) is 4.02. The van der Waals surface area contributed by atoms with E-state index in [1.807, 2.05) is 73.7 Å². The number of para-hydroxylation sites is 3. The lowest BCUT2D eigenvalue weighted by Crippen LogP contribution is -2.23. The number of hydrogen-bond donors (Lipinski definition) is 2. The highest BCUT2D eigenvalue weighted by Gasteiger charge is 2.12. The number of aromatic nitrogens is 4. The minimum atomic E-state index is -0.165. The Hall–Kier alpha value is -3.91. The second kappa shape index (κ2) is 8.91. The smallest absolute Gasteiger partial charge is 0.262 e. The molecule has 0 unspecified atom stereocenters. The molecule has 0 aliphatic carbocycles. The van der Waals surface area contributed by atoms with Gasteiger partial charge in [0.15, 0.2) is 5.16 Å². The molecule has 0 bridgehead atoms. The number of fused-ring (bicyclic) bond motifs is 2. The summed E-state index contributed by atoms with van der Waals surface area (Å²) in [6, 6.07) is 22.7. The zero-order chi connectivity index (χ0) is 22.8. The molecule has 5 aromatic rings. The summed E-state index contributed by atoms with van der Waals surface area (Å²) in [6.07, 6.45) is 0. The molecule has 5 rings (SSSR count). The Kier molecular flexibility index (Phi) is 5.66. The molecule has 8 heteroatoms. The van der Waals surface area contributed by atoms with Crippen molar-refractivity contribution >= 4 is 45.3 Å². The van der Waals surface area contributed by atoms with Crippen LogP contribution >= 0.6 is 11.8 Å². The van der Waals surface area contributed by atoms with Crippen molar-refractivity contribution in [2.45, 2.75) is 18.6 Å². The lowest BCUT2D eigenvalue weighted by molar-refractivity contribution is -0.113. The van der Waals surface area contributed by atoms with Gasteiger partial charge in [-0.05, 0) is 55.5 Å². The molecule has 0 atom stereocenters. The third-order valence-corrected chi connectivity index (χ3v) is 6.28. The van der Waals surface area contributed by atoms with E-state index in [9.17, 15) is 9.59 Å². The molecule has 2 aromatic heterocycles. The van der Waals surface area contributed by atoms with Crippen LogP contribution in [-0.2, 0) is 11.3 Å². The summed E-state index contributed by atoms with van der Waals surface area (Å²) in [5.41, 5.74) is 4.07. The molecule has 7 nitrogen and oxygen atoms in total. The predicted octanol–water partition coefficient (Wildman–Crippen LogP) is 4.69. The van der Waals surface area contributed by atoms with Crippen molar-refractivity contribution < 1.29 is 4.79 Å². The van der Waals surface area contributed by atoms with Crippen LogP contribution in [0.25, 0.3) is 33.3 Å². The molecule has 0 saturated carbocycles. The van der Waals surface area contributed by atoms with Gasteiger partial charge in [-0.1, -0.05) is 36.0 Å². The number of benzene rings is 3. The van der Waals surface area contributed by atoms with Gasteiger partial charge in [0.05, 0.1) is 27.7 Å². The maximum Gasteiger partial charge on any atom is 0.262 e. The maximum atomic E-state index is 12.7. The minimum absolute atomic E-state index is 0.0906. The number of H-pyrrole nitrogens is 1. The van der Waals surface area contributed by atoms with Gasteiger partial charge >= 0.3 is 0 Å². The number of aromatic amines is 1. The van der Waals surface area contributed by atoms with Gasteiger partial charge in [-0.15, -0.1) is 0 Å². The topological polar surface area (TPSA) is 92.7 Å². The van der Waals surface area contributed by atoms with Crippen molar-refractivity contribution in [3.63, 3.8) is 0 Å². The van der Waals surface area contributed by atoms with E-state index in [1.54, 1.807) is 10.6 Å². The number of thioether (sulfide) groups is 1. The van der Waals surface area contributed by atoms with E-state index in [0.29, 0.717) is 28.3 Å². The fourth-order valence-electron chi connectivity index (χ4n) is 3.66. The van der Waals surface area contributed by atoms with Crippen molar-refractivity contribution in [2.75, 3.05) is 11.1 Å². The number of amides is 1. The van der Waals surface area contributed by atoms with Crippen LogP contribution in [0.5, 0.6) is 0 Å². The first kappa shape index (κ1) is 21.0. The van der Waals surface area contributed by atoms with Gasteiger partial charge in [-0.25, -0.2) is 9.97 Å². The monoisotopic (exact) mass is 455 g/mol. The highest BCUT2D eigenvalue weighted by molar-refractivity contribution is 7.99. The molecule has 2 heterocycles. The molecular weight excluding hydrogens is 434 g/mol. The molecular formula is C25H21N5O2S. The van der Waals surface area contributed by atoms with Crippen molar-refractivity contribution in [1.82, 2.24) is 19.5 Å². The average molecular weight is 456 g/mol. The van der Waals surface area contributed by atoms with Crippen molar-refractivity contribution in [3.8, 4) is 11.4 Å². The SMILES string of the molecule is CCn1c(SCC(=O)Nc2ccc(-c3nc4ccccc4[nH]3)cc2)nc2ccccc2c1=O. The molecule has 2 N–H and O–H groups in total. The molecule has 0 radical (unpaired) electrons. The van der Waals surface area contributed by atoms with Crippen LogP contribution in [0.2, 0.25) is 0 Å². The van der Waals surface area contributed by atoms with Crippen LogP contribution in [0.1, 0.15) is 6.92 Å². The minimum Gasteiger partial charge on any atom is -0.338 e. The van der Waals surface area contributed by atoms with Crippen molar-refractivity contribution in [2.24, 2.45) is 0 Å². The zero-order valence-corrected chi connectivity index (χ0v) is 18.7. The molecule has 33 heavy (non-hydrogen) atoms. The third-order valence-electron chi connectivity index (χ3n) is 5.31. The molecule has 0 saturated heterocycles. The van der Waals surface area contributed by atoms with Gasteiger partial charge in [0.1, 0.15) is 5.82 Å². The van der Waals surface area contributed by atoms with Crippen molar-refractivity contribution in [3.05, 3.63) is 83.2 Å². The first-order valence-corrected chi connectivity index (χ1v) is 11.6. The molecule has 0 aliphatic heterocycles. The van der Waals surface area contributed by atoms with Crippen LogP contribution in [0.4, 0.5) is 5.69 Å². The second-order valence-corrected chi connectivity index (χ2v) is 8.42. The van der Waals surface area contributed by atoms with Gasteiger partial charge in [-0.2, -0.15) is 0 Å². The van der Waals surface area contributed by atoms with E-state index in [0.717, 1.165) is 22.4 Å². The Balaban J connectivity index is 1.27. The summed E-state index contributed by atoms with van der Waals surface area (Å²) in [7, 11) is 0. The maximum absolute atomic E-state index is 12.7. The first-order chi connectivity index (χ1) is 16.1. The Morgan fingerprint density at radius 1 is 0.970 bits per heavy atom. The fourth-order valence-corrected chi connectivity index (χ4v) is 4.53. The largest absolute Gasteiger partial charge is 0.338 e. The second-order valence-electron chi connectivity index (χ2n) is 7.48. The van der Waals surface area contributed by atoms with Crippen LogP contribution in [0.3, 0.4) is 0 Å². The third kappa shape index (κ3) is 4.25. The Morgan fingerprint density at radius 2 is 1.70 bits per heavy atom. The summed E-state index contributed by atoms with van der Waals surface area (Å²) in [5.74, 6) is 0.766. The van der Waals surface area contributed by atoms with Gasteiger partial charge in [0.2, 0.25) is 5.91 Å². The standard InChI is InChI=1S/C25H21N5O2S/c1-2-30-24(32)18-7-3-4-8-19(18)29-25(30)33-15-22(31)26-17-13-11-16(12-14-17)23-27-20-9-5-6-10-21(20)28-23/h3-14H,2,15H2,1H3,(H,26,31)(H,27,28). The van der Waals surface area contributed by atoms with Gasteiger partial charge in [-0.3, -0.25) is 14.2 Å². The van der Waals surface area contributed by atoms with Gasteiger partial charge in [0, 0.05) is 17.8 Å². The molecule has 0 aliphatic rings. The van der Waals surface area contributed by atoms with Crippen LogP contribution in [0, 0.1) is 0 Å². The van der Waals surface area contributed by atoms with E-state index < -0.39 is 0 Å². The quantitative estimate of drug-likeness (QED) is 0.286. The van der Waals surface area contributed by atoms with E-state index in [1.165, 1.54) is 11.8 Å². The molecule has 3 aromatic carbocycles.